The molecule has 0 aliphatic heterocycles. The number of nitrogens with one attached hydrogen (secondary N) is 3. The number of pyridine rings is 1. The quantitative estimate of drug-likeness (QED) is 0.558. The highest BCUT2D eigenvalue weighted by atomic mass is 32.1. The predicted molar refractivity (Wildman–Crippen MR) is 80.8 cm³/mol. The third-order valence-electron chi connectivity index (χ3n) is 4.10. The van der Waals surface area contributed by atoms with E-state index in [1.165, 1.54) is 25.7 Å². The average Bonchev–Trinajstić information content (AvgIpc) is 2.69. The number of hydrogen-bond donors (Lipinski definition) is 3. The number of aromatic amines is 3. The van der Waals surface area contributed by atoms with Crippen molar-refractivity contribution in [1.82, 2.24) is 15.0 Å². The molecule has 0 unspecified atom stereocenters. The maximum atomic E-state index is 11.7. The molecule has 1 saturated carbocycles. The van der Waals surface area contributed by atoms with Gasteiger partial charge in [0.05, 0.1) is 10.0 Å². The van der Waals surface area contributed by atoms with Gasteiger partial charge in [0.1, 0.15) is 5.52 Å². The van der Waals surface area contributed by atoms with Crippen molar-refractivity contribution in [3.8, 4) is 0 Å². The first-order valence-electron chi connectivity index (χ1n) is 7.04. The second kappa shape index (κ2) is 5.36. The van der Waals surface area contributed by atoms with Gasteiger partial charge in [-0.3, -0.25) is 9.78 Å². The molecule has 2 aromatic rings. The van der Waals surface area contributed by atoms with Crippen LogP contribution in [0.5, 0.6) is 0 Å². The van der Waals surface area contributed by atoms with Crippen LogP contribution in [0.4, 0.5) is 0 Å². The minimum Gasteiger partial charge on any atom is -0.355 e. The van der Waals surface area contributed by atoms with Crippen molar-refractivity contribution < 1.29 is 0 Å². The molecule has 0 radical (unpaired) electrons. The Morgan fingerprint density at radius 2 is 1.70 bits per heavy atom. The summed E-state index contributed by atoms with van der Waals surface area (Å²) >= 11 is 5.50. The summed E-state index contributed by atoms with van der Waals surface area (Å²) in [6.45, 7) is 0. The SMILES string of the molecule is O=c1[nH]c(=O)c2[nH]cc(C3CCCCCC3)c(=S)c2[nH]1. The molecule has 3 N–H and O–H groups in total. The lowest BCUT2D eigenvalue weighted by molar-refractivity contribution is 0.590. The highest BCUT2D eigenvalue weighted by Gasteiger charge is 2.17. The van der Waals surface area contributed by atoms with Crippen LogP contribution in [0.1, 0.15) is 50.0 Å². The van der Waals surface area contributed by atoms with Gasteiger partial charge in [0, 0.05) is 6.20 Å². The third-order valence-corrected chi connectivity index (χ3v) is 4.54. The van der Waals surface area contributed by atoms with Gasteiger partial charge >= 0.3 is 5.69 Å². The molecule has 6 heteroatoms. The zero-order valence-corrected chi connectivity index (χ0v) is 11.9. The molecule has 106 valence electrons. The van der Waals surface area contributed by atoms with Gasteiger partial charge in [-0.25, -0.2) is 4.79 Å². The maximum absolute atomic E-state index is 11.7. The van der Waals surface area contributed by atoms with Crippen LogP contribution in [0.2, 0.25) is 0 Å². The van der Waals surface area contributed by atoms with E-state index < -0.39 is 11.2 Å². The highest BCUT2D eigenvalue weighted by Crippen LogP contribution is 2.32. The summed E-state index contributed by atoms with van der Waals surface area (Å²) in [6, 6.07) is 0. The van der Waals surface area contributed by atoms with E-state index >= 15 is 0 Å². The summed E-state index contributed by atoms with van der Waals surface area (Å²) < 4.78 is 0.605. The van der Waals surface area contributed by atoms with Gasteiger partial charge in [-0.05, 0) is 24.3 Å². The molecule has 0 bridgehead atoms. The zero-order chi connectivity index (χ0) is 14.1. The van der Waals surface area contributed by atoms with E-state index in [4.69, 9.17) is 12.2 Å². The lowest BCUT2D eigenvalue weighted by atomic mass is 9.93. The largest absolute Gasteiger partial charge is 0.355 e. The molecule has 0 amide bonds. The van der Waals surface area contributed by atoms with Crippen LogP contribution in [0, 0.1) is 4.51 Å². The lowest BCUT2D eigenvalue weighted by Crippen LogP contribution is -2.23. The number of rotatable bonds is 1. The smallest absolute Gasteiger partial charge is 0.326 e. The second-order valence-corrected chi connectivity index (χ2v) is 5.83. The Bertz CT molecular complexity index is 794. The molecule has 1 aliphatic carbocycles. The third kappa shape index (κ3) is 2.35. The molecular formula is C14H17N3O2S. The van der Waals surface area contributed by atoms with E-state index in [1.54, 1.807) is 0 Å². The van der Waals surface area contributed by atoms with Crippen molar-refractivity contribution in [2.45, 2.75) is 44.4 Å². The molecule has 2 heterocycles. The molecule has 3 rings (SSSR count). The van der Waals surface area contributed by atoms with Crippen LogP contribution in [0.3, 0.4) is 0 Å². The Kier molecular flexibility index (Phi) is 3.56. The number of fused-ring (bicyclic) bond motifs is 1. The van der Waals surface area contributed by atoms with Crippen molar-refractivity contribution in [1.29, 1.82) is 0 Å². The minimum atomic E-state index is -0.514. The first kappa shape index (κ1) is 13.3. The fourth-order valence-electron chi connectivity index (χ4n) is 3.05. The number of H-pyrrole nitrogens is 3. The Morgan fingerprint density at radius 3 is 2.40 bits per heavy atom. The van der Waals surface area contributed by atoms with Crippen molar-refractivity contribution >= 4 is 23.3 Å². The highest BCUT2D eigenvalue weighted by molar-refractivity contribution is 7.71. The van der Waals surface area contributed by atoms with Crippen LogP contribution < -0.4 is 11.2 Å². The first-order chi connectivity index (χ1) is 9.66. The second-order valence-electron chi connectivity index (χ2n) is 5.42. The van der Waals surface area contributed by atoms with Crippen LogP contribution in [0.25, 0.3) is 11.0 Å². The standard InChI is InChI=1S/C14H17N3O2S/c18-13-11-10(16-14(19)17-13)12(20)9(7-15-11)8-5-3-1-2-4-6-8/h7-8H,1-6H2,(H,15,20)(H2,16,17,18,19). The van der Waals surface area contributed by atoms with Gasteiger partial charge in [-0.1, -0.05) is 37.9 Å². The van der Waals surface area contributed by atoms with Gasteiger partial charge < -0.3 is 9.97 Å². The topological polar surface area (TPSA) is 81.5 Å². The Balaban J connectivity index is 2.18. The van der Waals surface area contributed by atoms with E-state index in [0.717, 1.165) is 18.4 Å². The van der Waals surface area contributed by atoms with E-state index in [-0.39, 0.29) is 0 Å². The number of hydrogen-bond acceptors (Lipinski definition) is 3. The molecule has 0 aromatic carbocycles. The van der Waals surface area contributed by atoms with Crippen molar-refractivity contribution in [2.24, 2.45) is 0 Å². The fraction of sp³-hybridized carbons (Fsp3) is 0.500. The molecule has 5 nitrogen and oxygen atoms in total. The van der Waals surface area contributed by atoms with Gasteiger partial charge in [0.15, 0.2) is 0 Å². The van der Waals surface area contributed by atoms with Crippen LogP contribution in [-0.4, -0.2) is 15.0 Å². The summed E-state index contributed by atoms with van der Waals surface area (Å²) in [4.78, 5) is 31.0. The predicted octanol–water partition coefficient (Wildman–Crippen LogP) is 2.71. The summed E-state index contributed by atoms with van der Waals surface area (Å²) in [5.74, 6) is 0.424. The summed E-state index contributed by atoms with van der Waals surface area (Å²) in [6.07, 6.45) is 9.06. The van der Waals surface area contributed by atoms with E-state index in [0.29, 0.717) is 21.5 Å². The molecule has 2 aromatic heterocycles. The van der Waals surface area contributed by atoms with E-state index in [1.807, 2.05) is 6.20 Å². The molecule has 1 aliphatic rings. The molecule has 0 atom stereocenters. The van der Waals surface area contributed by atoms with E-state index in [2.05, 4.69) is 15.0 Å². The van der Waals surface area contributed by atoms with Crippen molar-refractivity contribution in [3.05, 3.63) is 37.1 Å². The van der Waals surface area contributed by atoms with Crippen LogP contribution in [0.15, 0.2) is 15.8 Å². The first-order valence-corrected chi connectivity index (χ1v) is 7.45. The summed E-state index contributed by atoms with van der Waals surface area (Å²) in [5, 5.41) is 0. The van der Waals surface area contributed by atoms with Gasteiger partial charge in [0.25, 0.3) is 5.56 Å². The zero-order valence-electron chi connectivity index (χ0n) is 11.1. The Morgan fingerprint density at radius 1 is 1.00 bits per heavy atom. The lowest BCUT2D eigenvalue weighted by Gasteiger charge is -2.15. The van der Waals surface area contributed by atoms with Crippen LogP contribution >= 0.6 is 12.2 Å². The maximum Gasteiger partial charge on any atom is 0.326 e. The van der Waals surface area contributed by atoms with E-state index in [9.17, 15) is 9.59 Å². The molecule has 1 fully saturated rings. The molecular weight excluding hydrogens is 274 g/mol. The van der Waals surface area contributed by atoms with Crippen molar-refractivity contribution in [3.63, 3.8) is 0 Å². The molecule has 0 spiro atoms. The van der Waals surface area contributed by atoms with Crippen LogP contribution in [-0.2, 0) is 0 Å². The Hall–Kier alpha value is -1.69. The summed E-state index contributed by atoms with van der Waals surface area (Å²) in [5.41, 5.74) is 0.903. The monoisotopic (exact) mass is 291 g/mol. The fourth-order valence-corrected chi connectivity index (χ4v) is 3.43. The number of aromatic nitrogens is 3. The summed E-state index contributed by atoms with van der Waals surface area (Å²) in [7, 11) is 0. The molecule has 20 heavy (non-hydrogen) atoms. The average molecular weight is 291 g/mol. The van der Waals surface area contributed by atoms with Gasteiger partial charge in [-0.2, -0.15) is 0 Å². The van der Waals surface area contributed by atoms with Crippen molar-refractivity contribution in [2.75, 3.05) is 0 Å². The molecule has 0 saturated heterocycles. The van der Waals surface area contributed by atoms with Gasteiger partial charge in [-0.15, -0.1) is 0 Å². The normalized spacial score (nSPS) is 17.2. The van der Waals surface area contributed by atoms with Gasteiger partial charge in [0.2, 0.25) is 0 Å². The Labute approximate surface area is 120 Å². The minimum absolute atomic E-state index is 0.340.